The van der Waals surface area contributed by atoms with Crippen LogP contribution < -0.4 is 10.6 Å². The highest BCUT2D eigenvalue weighted by Gasteiger charge is 2.19. The number of rotatable bonds is 8. The van der Waals surface area contributed by atoms with Crippen molar-refractivity contribution in [3.05, 3.63) is 22.4 Å². The van der Waals surface area contributed by atoms with Gasteiger partial charge in [-0.25, -0.2) is 9.59 Å². The van der Waals surface area contributed by atoms with Gasteiger partial charge in [-0.15, -0.1) is 0 Å². The number of ether oxygens (including phenoxy) is 1. The highest BCUT2D eigenvalue weighted by molar-refractivity contribution is 7.07. The third-order valence-electron chi connectivity index (χ3n) is 2.48. The lowest BCUT2D eigenvalue weighted by molar-refractivity contribution is -0.139. The molecule has 0 spiro atoms. The summed E-state index contributed by atoms with van der Waals surface area (Å²) < 4.78 is 4.85. The molecule has 0 bridgehead atoms. The molecule has 0 aliphatic carbocycles. The quantitative estimate of drug-likeness (QED) is 0.631. The van der Waals surface area contributed by atoms with Crippen molar-refractivity contribution in [1.29, 1.82) is 0 Å². The molecule has 106 valence electrons. The summed E-state index contributed by atoms with van der Waals surface area (Å²) in [6.07, 6.45) is 0.924. The van der Waals surface area contributed by atoms with E-state index >= 15 is 0 Å². The average Bonchev–Trinajstić information content (AvgIpc) is 2.88. The molecule has 19 heavy (non-hydrogen) atoms. The first-order chi connectivity index (χ1) is 9.13. The van der Waals surface area contributed by atoms with Crippen LogP contribution >= 0.6 is 11.3 Å². The summed E-state index contributed by atoms with van der Waals surface area (Å²) in [5.41, 5.74) is 0.992. The minimum absolute atomic E-state index is 0.342. The third kappa shape index (κ3) is 6.21. The molecule has 1 atom stereocenters. The minimum atomic E-state index is -1.04. The second-order valence-electron chi connectivity index (χ2n) is 3.98. The summed E-state index contributed by atoms with van der Waals surface area (Å²) >= 11 is 1.54. The maximum absolute atomic E-state index is 11.6. The lowest BCUT2D eigenvalue weighted by Gasteiger charge is -2.14. The standard InChI is InChI=1S/C12H18N2O4S/c1-18-5-2-3-10(11(15)16)14-12(17)13-7-9-4-6-19-8-9/h4,6,8,10H,2-3,5,7H2,1H3,(H,15,16)(H2,13,14,17). The van der Waals surface area contributed by atoms with Gasteiger partial charge in [-0.3, -0.25) is 0 Å². The van der Waals surface area contributed by atoms with Gasteiger partial charge in [0.1, 0.15) is 6.04 Å². The van der Waals surface area contributed by atoms with Crippen LogP contribution in [0.2, 0.25) is 0 Å². The van der Waals surface area contributed by atoms with Crippen molar-refractivity contribution in [2.24, 2.45) is 0 Å². The van der Waals surface area contributed by atoms with E-state index in [1.807, 2.05) is 16.8 Å². The highest BCUT2D eigenvalue weighted by Crippen LogP contribution is 2.05. The molecule has 2 amide bonds. The molecule has 0 aliphatic rings. The van der Waals surface area contributed by atoms with Gasteiger partial charge in [0.2, 0.25) is 0 Å². The van der Waals surface area contributed by atoms with Crippen molar-refractivity contribution < 1.29 is 19.4 Å². The topological polar surface area (TPSA) is 87.7 Å². The number of carbonyl (C=O) groups is 2. The van der Waals surface area contributed by atoms with Gasteiger partial charge in [0, 0.05) is 20.3 Å². The van der Waals surface area contributed by atoms with Crippen molar-refractivity contribution in [2.45, 2.75) is 25.4 Å². The van der Waals surface area contributed by atoms with E-state index in [9.17, 15) is 9.59 Å². The Bertz CT molecular complexity index is 394. The fourth-order valence-corrected chi connectivity index (χ4v) is 2.14. The van der Waals surface area contributed by atoms with Crippen molar-refractivity contribution in [3.63, 3.8) is 0 Å². The number of carboxylic acid groups (broad SMARTS) is 1. The number of hydrogen-bond acceptors (Lipinski definition) is 4. The molecule has 1 rings (SSSR count). The molecule has 7 heteroatoms. The largest absolute Gasteiger partial charge is 0.480 e. The van der Waals surface area contributed by atoms with Crippen LogP contribution in [0.25, 0.3) is 0 Å². The van der Waals surface area contributed by atoms with E-state index in [0.29, 0.717) is 26.0 Å². The monoisotopic (exact) mass is 286 g/mol. The lowest BCUT2D eigenvalue weighted by atomic mass is 10.1. The Morgan fingerprint density at radius 1 is 1.53 bits per heavy atom. The van der Waals surface area contributed by atoms with Crippen LogP contribution in [0.1, 0.15) is 18.4 Å². The van der Waals surface area contributed by atoms with Crippen molar-refractivity contribution in [3.8, 4) is 0 Å². The molecule has 0 saturated heterocycles. The van der Waals surface area contributed by atoms with E-state index in [-0.39, 0.29) is 0 Å². The van der Waals surface area contributed by atoms with Gasteiger partial charge < -0.3 is 20.5 Å². The van der Waals surface area contributed by atoms with Crippen LogP contribution in [0.5, 0.6) is 0 Å². The first-order valence-corrected chi connectivity index (χ1v) is 6.85. The molecule has 0 fully saturated rings. The molecule has 1 heterocycles. The number of urea groups is 1. The molecular weight excluding hydrogens is 268 g/mol. The van der Waals surface area contributed by atoms with Gasteiger partial charge in [0.05, 0.1) is 0 Å². The maximum Gasteiger partial charge on any atom is 0.326 e. The lowest BCUT2D eigenvalue weighted by Crippen LogP contribution is -2.45. The van der Waals surface area contributed by atoms with Crippen LogP contribution in [-0.4, -0.2) is 36.9 Å². The summed E-state index contributed by atoms with van der Waals surface area (Å²) in [6, 6.07) is 0.534. The van der Waals surface area contributed by atoms with Gasteiger partial charge in [0.25, 0.3) is 0 Å². The van der Waals surface area contributed by atoms with Crippen LogP contribution in [-0.2, 0) is 16.1 Å². The fraction of sp³-hybridized carbons (Fsp3) is 0.500. The Kier molecular flexibility index (Phi) is 6.91. The number of carboxylic acids is 1. The molecule has 1 unspecified atom stereocenters. The Morgan fingerprint density at radius 3 is 2.89 bits per heavy atom. The van der Waals surface area contributed by atoms with E-state index in [0.717, 1.165) is 5.56 Å². The second-order valence-corrected chi connectivity index (χ2v) is 4.76. The van der Waals surface area contributed by atoms with E-state index in [2.05, 4.69) is 10.6 Å². The number of methoxy groups -OCH3 is 1. The molecule has 6 nitrogen and oxygen atoms in total. The molecule has 0 saturated carbocycles. The summed E-state index contributed by atoms with van der Waals surface area (Å²) in [7, 11) is 1.55. The van der Waals surface area contributed by atoms with Crippen LogP contribution in [0, 0.1) is 0 Å². The number of nitrogens with one attached hydrogen (secondary N) is 2. The first kappa shape index (κ1) is 15.5. The smallest absolute Gasteiger partial charge is 0.326 e. The zero-order valence-electron chi connectivity index (χ0n) is 10.7. The van der Waals surface area contributed by atoms with Crippen molar-refractivity contribution in [2.75, 3.05) is 13.7 Å². The fourth-order valence-electron chi connectivity index (χ4n) is 1.47. The molecular formula is C12H18N2O4S. The number of aliphatic carboxylic acids is 1. The predicted molar refractivity (Wildman–Crippen MR) is 72.2 cm³/mol. The van der Waals surface area contributed by atoms with Crippen LogP contribution in [0.15, 0.2) is 16.8 Å². The number of thiophene rings is 1. The van der Waals surface area contributed by atoms with Gasteiger partial charge >= 0.3 is 12.0 Å². The maximum atomic E-state index is 11.6. The van der Waals surface area contributed by atoms with E-state index < -0.39 is 18.0 Å². The predicted octanol–water partition coefficient (Wildman–Crippen LogP) is 1.43. The first-order valence-electron chi connectivity index (χ1n) is 5.90. The van der Waals surface area contributed by atoms with Crippen LogP contribution in [0.4, 0.5) is 4.79 Å². The summed E-state index contributed by atoms with van der Waals surface area (Å²) in [5.74, 6) is -1.04. The SMILES string of the molecule is COCCCC(NC(=O)NCc1ccsc1)C(=O)O. The number of hydrogen-bond donors (Lipinski definition) is 3. The Labute approximate surface area is 115 Å². The molecule has 1 aromatic heterocycles. The van der Waals surface area contributed by atoms with E-state index in [1.54, 1.807) is 18.4 Å². The van der Waals surface area contributed by atoms with Crippen LogP contribution in [0.3, 0.4) is 0 Å². The van der Waals surface area contributed by atoms with E-state index in [4.69, 9.17) is 9.84 Å². The second kappa shape index (κ2) is 8.49. The Balaban J connectivity index is 2.32. The number of carbonyl (C=O) groups excluding carboxylic acids is 1. The molecule has 1 aromatic rings. The van der Waals surface area contributed by atoms with Crippen molar-refractivity contribution >= 4 is 23.3 Å². The van der Waals surface area contributed by atoms with Gasteiger partial charge in [-0.05, 0) is 35.2 Å². The normalized spacial score (nSPS) is 11.8. The molecule has 3 N–H and O–H groups in total. The van der Waals surface area contributed by atoms with Gasteiger partial charge in [-0.1, -0.05) is 0 Å². The average molecular weight is 286 g/mol. The zero-order chi connectivity index (χ0) is 14.1. The summed E-state index contributed by atoms with van der Waals surface area (Å²) in [6.45, 7) is 0.863. The summed E-state index contributed by atoms with van der Waals surface area (Å²) in [5, 5.41) is 17.9. The summed E-state index contributed by atoms with van der Waals surface area (Å²) in [4.78, 5) is 22.6. The van der Waals surface area contributed by atoms with Gasteiger partial charge in [0.15, 0.2) is 0 Å². The van der Waals surface area contributed by atoms with Gasteiger partial charge in [-0.2, -0.15) is 11.3 Å². The molecule has 0 aliphatic heterocycles. The van der Waals surface area contributed by atoms with E-state index in [1.165, 1.54) is 0 Å². The zero-order valence-corrected chi connectivity index (χ0v) is 11.5. The highest BCUT2D eigenvalue weighted by atomic mass is 32.1. The molecule has 0 aromatic carbocycles. The van der Waals surface area contributed by atoms with Crippen molar-refractivity contribution in [1.82, 2.24) is 10.6 Å². The molecule has 0 radical (unpaired) electrons. The Hall–Kier alpha value is -1.60. The Morgan fingerprint density at radius 2 is 2.32 bits per heavy atom. The minimum Gasteiger partial charge on any atom is -0.480 e. The number of amides is 2. The third-order valence-corrected chi connectivity index (χ3v) is 3.21.